The van der Waals surface area contributed by atoms with Gasteiger partial charge in [0.15, 0.2) is 0 Å². The van der Waals surface area contributed by atoms with Crippen LogP contribution in [0.1, 0.15) is 18.4 Å². The fourth-order valence-corrected chi connectivity index (χ4v) is 6.26. The van der Waals surface area contributed by atoms with Crippen LogP contribution in [0.5, 0.6) is 11.5 Å². The molecule has 0 aliphatic carbocycles. The van der Waals surface area contributed by atoms with E-state index in [0.717, 1.165) is 44.3 Å². The van der Waals surface area contributed by atoms with Crippen LogP contribution in [0.25, 0.3) is 0 Å². The molecule has 0 unspecified atom stereocenters. The summed E-state index contributed by atoms with van der Waals surface area (Å²) in [5, 5.41) is 0. The maximum atomic E-state index is 12.9. The SMILES string of the molecule is CN(C1CCN(Cc2ccc(Oc3ccc(NS(C)(=O)=O)cc3)cc2)CC1)S(=O)(=O)c1ccccc1.Cl. The van der Waals surface area contributed by atoms with E-state index in [4.69, 9.17) is 4.74 Å². The molecule has 0 atom stereocenters. The molecule has 4 rings (SSSR count). The molecule has 0 amide bonds. The minimum absolute atomic E-state index is 0. The summed E-state index contributed by atoms with van der Waals surface area (Å²) in [7, 11) is -5.12. The summed E-state index contributed by atoms with van der Waals surface area (Å²) in [5.41, 5.74) is 1.63. The maximum Gasteiger partial charge on any atom is 0.243 e. The number of piperidine rings is 1. The first-order valence-electron chi connectivity index (χ1n) is 11.7. The number of anilines is 1. The number of ether oxygens (including phenoxy) is 1. The Balaban J connectivity index is 0.00000380. The van der Waals surface area contributed by atoms with E-state index in [1.807, 2.05) is 30.3 Å². The molecule has 0 bridgehead atoms. The van der Waals surface area contributed by atoms with Gasteiger partial charge in [0.2, 0.25) is 20.0 Å². The molecule has 1 N–H and O–H groups in total. The summed E-state index contributed by atoms with van der Waals surface area (Å²) in [6.07, 6.45) is 2.68. The van der Waals surface area contributed by atoms with Gasteiger partial charge in [0.05, 0.1) is 11.2 Å². The number of halogens is 1. The fraction of sp³-hybridized carbons (Fsp3) is 0.308. The molecule has 37 heavy (non-hydrogen) atoms. The van der Waals surface area contributed by atoms with Crippen molar-refractivity contribution in [2.75, 3.05) is 31.1 Å². The molecule has 200 valence electrons. The van der Waals surface area contributed by atoms with Gasteiger partial charge in [-0.05, 0) is 66.9 Å². The quantitative estimate of drug-likeness (QED) is 0.409. The van der Waals surface area contributed by atoms with Gasteiger partial charge < -0.3 is 4.74 Å². The standard InChI is InChI=1S/C26H31N3O5S2.ClH/c1-28(36(32,33)26-6-4-3-5-7-26)23-16-18-29(19-17-23)20-21-8-12-24(13-9-21)34-25-14-10-22(11-15-25)27-35(2,30)31;/h3-15,23,27H,16-20H2,1-2H3;1H. The van der Waals surface area contributed by atoms with Crippen LogP contribution in [0, 0.1) is 0 Å². The molecule has 8 nitrogen and oxygen atoms in total. The Labute approximate surface area is 225 Å². The second-order valence-corrected chi connectivity index (χ2v) is 12.7. The van der Waals surface area contributed by atoms with E-state index >= 15 is 0 Å². The first kappa shape index (κ1) is 28.9. The zero-order valence-electron chi connectivity index (χ0n) is 20.8. The Morgan fingerprint density at radius 1 is 0.865 bits per heavy atom. The number of sulfonamides is 2. The lowest BCUT2D eigenvalue weighted by Crippen LogP contribution is -2.45. The van der Waals surface area contributed by atoms with Gasteiger partial charge in [0, 0.05) is 38.4 Å². The van der Waals surface area contributed by atoms with Gasteiger partial charge in [0.25, 0.3) is 0 Å². The highest BCUT2D eigenvalue weighted by Gasteiger charge is 2.30. The van der Waals surface area contributed by atoms with Crippen molar-refractivity contribution in [2.45, 2.75) is 30.3 Å². The van der Waals surface area contributed by atoms with Crippen LogP contribution in [0.15, 0.2) is 83.8 Å². The van der Waals surface area contributed by atoms with Crippen LogP contribution < -0.4 is 9.46 Å². The van der Waals surface area contributed by atoms with Crippen molar-refractivity contribution in [3.8, 4) is 11.5 Å². The first-order valence-corrected chi connectivity index (χ1v) is 15.0. The third kappa shape index (κ3) is 7.93. The van der Waals surface area contributed by atoms with Crippen molar-refractivity contribution < 1.29 is 21.6 Å². The number of hydrogen-bond acceptors (Lipinski definition) is 6. The number of likely N-dealkylation sites (tertiary alicyclic amines) is 1. The lowest BCUT2D eigenvalue weighted by atomic mass is 10.0. The van der Waals surface area contributed by atoms with Crippen LogP contribution >= 0.6 is 12.4 Å². The van der Waals surface area contributed by atoms with Gasteiger partial charge >= 0.3 is 0 Å². The molecule has 0 aromatic heterocycles. The monoisotopic (exact) mass is 565 g/mol. The van der Waals surface area contributed by atoms with E-state index in [0.29, 0.717) is 22.1 Å². The Hall–Kier alpha value is -2.63. The van der Waals surface area contributed by atoms with E-state index in [-0.39, 0.29) is 18.4 Å². The molecule has 11 heteroatoms. The van der Waals surface area contributed by atoms with E-state index in [2.05, 4.69) is 9.62 Å². The van der Waals surface area contributed by atoms with E-state index in [9.17, 15) is 16.8 Å². The zero-order chi connectivity index (χ0) is 25.8. The summed E-state index contributed by atoms with van der Waals surface area (Å²) >= 11 is 0. The fourth-order valence-electron chi connectivity index (χ4n) is 4.26. The summed E-state index contributed by atoms with van der Waals surface area (Å²) in [6, 6.07) is 23.1. The minimum Gasteiger partial charge on any atom is -0.457 e. The van der Waals surface area contributed by atoms with Gasteiger partial charge in [-0.15, -0.1) is 12.4 Å². The molecular formula is C26H32ClN3O5S2. The number of hydrogen-bond donors (Lipinski definition) is 1. The Bertz CT molecular complexity index is 1360. The average Bonchev–Trinajstić information content (AvgIpc) is 2.86. The van der Waals surface area contributed by atoms with Crippen molar-refractivity contribution in [2.24, 2.45) is 0 Å². The minimum atomic E-state index is -3.49. The van der Waals surface area contributed by atoms with Gasteiger partial charge in [-0.3, -0.25) is 9.62 Å². The normalized spacial score (nSPS) is 15.2. The zero-order valence-corrected chi connectivity index (χ0v) is 23.2. The first-order chi connectivity index (χ1) is 17.1. The van der Waals surface area contributed by atoms with E-state index in [1.54, 1.807) is 55.6 Å². The van der Waals surface area contributed by atoms with Gasteiger partial charge in [-0.25, -0.2) is 16.8 Å². The Kier molecular flexibility index (Phi) is 9.60. The lowest BCUT2D eigenvalue weighted by Gasteiger charge is -2.36. The molecule has 1 heterocycles. The van der Waals surface area contributed by atoms with Gasteiger partial charge in [-0.2, -0.15) is 4.31 Å². The predicted octanol–water partition coefficient (Wildman–Crippen LogP) is 4.56. The number of rotatable bonds is 9. The van der Waals surface area contributed by atoms with Gasteiger partial charge in [0.1, 0.15) is 11.5 Å². The van der Waals surface area contributed by atoms with Crippen molar-refractivity contribution in [1.82, 2.24) is 9.21 Å². The smallest absolute Gasteiger partial charge is 0.243 e. The molecule has 1 aliphatic heterocycles. The molecule has 1 fully saturated rings. The molecule has 3 aromatic carbocycles. The van der Waals surface area contributed by atoms with E-state index in [1.165, 1.54) is 4.31 Å². The number of nitrogens with one attached hydrogen (secondary N) is 1. The number of nitrogens with zero attached hydrogens (tertiary/aromatic N) is 2. The third-order valence-corrected chi connectivity index (χ3v) is 8.75. The topological polar surface area (TPSA) is 96.0 Å². The Morgan fingerprint density at radius 3 is 1.95 bits per heavy atom. The molecular weight excluding hydrogens is 534 g/mol. The van der Waals surface area contributed by atoms with E-state index < -0.39 is 20.0 Å². The average molecular weight is 566 g/mol. The third-order valence-electron chi connectivity index (χ3n) is 6.21. The van der Waals surface area contributed by atoms with Crippen LogP contribution in [0.3, 0.4) is 0 Å². The summed E-state index contributed by atoms with van der Waals surface area (Å²) in [5.74, 6) is 1.30. The summed E-state index contributed by atoms with van der Waals surface area (Å²) < 4.78 is 58.3. The highest BCUT2D eigenvalue weighted by atomic mass is 35.5. The second kappa shape index (κ2) is 12.3. The van der Waals surface area contributed by atoms with Crippen molar-refractivity contribution >= 4 is 38.1 Å². The molecule has 1 saturated heterocycles. The largest absolute Gasteiger partial charge is 0.457 e. The molecule has 0 spiro atoms. The highest BCUT2D eigenvalue weighted by molar-refractivity contribution is 7.92. The van der Waals surface area contributed by atoms with Crippen molar-refractivity contribution in [3.63, 3.8) is 0 Å². The predicted molar refractivity (Wildman–Crippen MR) is 148 cm³/mol. The number of benzene rings is 3. The van der Waals surface area contributed by atoms with Crippen LogP contribution in [0.2, 0.25) is 0 Å². The van der Waals surface area contributed by atoms with Crippen LogP contribution in [0.4, 0.5) is 5.69 Å². The molecule has 1 aliphatic rings. The molecule has 3 aromatic rings. The van der Waals surface area contributed by atoms with Gasteiger partial charge in [-0.1, -0.05) is 30.3 Å². The second-order valence-electron chi connectivity index (χ2n) is 8.99. The maximum absolute atomic E-state index is 12.9. The van der Waals surface area contributed by atoms with Crippen LogP contribution in [-0.2, 0) is 26.6 Å². The highest BCUT2D eigenvalue weighted by Crippen LogP contribution is 2.26. The lowest BCUT2D eigenvalue weighted by molar-refractivity contribution is 0.164. The summed E-state index contributed by atoms with van der Waals surface area (Å²) in [6.45, 7) is 2.44. The molecule has 0 saturated carbocycles. The van der Waals surface area contributed by atoms with Crippen molar-refractivity contribution in [3.05, 3.63) is 84.4 Å². The Morgan fingerprint density at radius 2 is 1.41 bits per heavy atom. The summed E-state index contributed by atoms with van der Waals surface area (Å²) in [4.78, 5) is 2.67. The van der Waals surface area contributed by atoms with Crippen LogP contribution in [-0.4, -0.2) is 58.5 Å². The molecule has 0 radical (unpaired) electrons. The van der Waals surface area contributed by atoms with Crippen molar-refractivity contribution in [1.29, 1.82) is 0 Å².